The van der Waals surface area contributed by atoms with Gasteiger partial charge in [0.15, 0.2) is 16.9 Å². The topological polar surface area (TPSA) is 78.2 Å². The Kier molecular flexibility index (Phi) is 6.61. The van der Waals surface area contributed by atoms with Crippen molar-refractivity contribution in [3.05, 3.63) is 93.8 Å². The van der Waals surface area contributed by atoms with Gasteiger partial charge in [-0.1, -0.05) is 32.0 Å². The number of ether oxygens (including phenoxy) is 3. The van der Waals surface area contributed by atoms with Gasteiger partial charge in [0.1, 0.15) is 11.3 Å². The Labute approximate surface area is 215 Å². The van der Waals surface area contributed by atoms with Gasteiger partial charge in [0.25, 0.3) is 5.91 Å². The molecule has 0 saturated carbocycles. The van der Waals surface area contributed by atoms with Crippen LogP contribution in [0.15, 0.2) is 75.9 Å². The molecule has 1 aromatic heterocycles. The highest BCUT2D eigenvalue weighted by Gasteiger charge is 2.44. The summed E-state index contributed by atoms with van der Waals surface area (Å²) in [5, 5.41) is 0.427. The zero-order chi connectivity index (χ0) is 26.1. The summed E-state index contributed by atoms with van der Waals surface area (Å²) in [6, 6.07) is 18.9. The Morgan fingerprint density at radius 1 is 0.919 bits per heavy atom. The van der Waals surface area contributed by atoms with Crippen molar-refractivity contribution in [1.82, 2.24) is 0 Å². The Morgan fingerprint density at radius 3 is 2.38 bits per heavy atom. The zero-order valence-corrected chi connectivity index (χ0v) is 21.3. The van der Waals surface area contributed by atoms with Gasteiger partial charge in [-0.05, 0) is 66.4 Å². The van der Waals surface area contributed by atoms with E-state index in [0.29, 0.717) is 57.6 Å². The van der Waals surface area contributed by atoms with Crippen LogP contribution >= 0.6 is 0 Å². The zero-order valence-electron chi connectivity index (χ0n) is 21.3. The fraction of sp³-hybridized carbons (Fsp3) is 0.267. The summed E-state index contributed by atoms with van der Waals surface area (Å²) in [5.41, 5.74) is 1.76. The molecule has 1 aliphatic heterocycles. The van der Waals surface area contributed by atoms with Crippen molar-refractivity contribution in [2.24, 2.45) is 5.92 Å². The Balaban J connectivity index is 1.66. The highest BCUT2D eigenvalue weighted by Crippen LogP contribution is 2.43. The Bertz CT molecular complexity index is 1510. The summed E-state index contributed by atoms with van der Waals surface area (Å²) in [6.45, 7) is 4.84. The molecule has 37 heavy (non-hydrogen) atoms. The molecular weight excluding hydrogens is 470 g/mol. The third-order valence-corrected chi connectivity index (χ3v) is 6.58. The second-order valence-corrected chi connectivity index (χ2v) is 9.39. The van der Waals surface area contributed by atoms with Crippen molar-refractivity contribution >= 4 is 22.6 Å². The first-order valence-corrected chi connectivity index (χ1v) is 12.3. The molecule has 1 atom stereocenters. The molecule has 4 aromatic rings. The van der Waals surface area contributed by atoms with Crippen LogP contribution in [0.1, 0.15) is 48.0 Å². The van der Waals surface area contributed by atoms with Crippen LogP contribution in [0.2, 0.25) is 0 Å². The van der Waals surface area contributed by atoms with Crippen LogP contribution < -0.4 is 24.5 Å². The largest absolute Gasteiger partial charge is 0.497 e. The molecule has 3 aromatic carbocycles. The number of nitrogens with zero attached hydrogens (tertiary/aromatic N) is 1. The Hall–Kier alpha value is -4.26. The van der Waals surface area contributed by atoms with E-state index >= 15 is 0 Å². The van der Waals surface area contributed by atoms with Gasteiger partial charge in [0.2, 0.25) is 5.76 Å². The van der Waals surface area contributed by atoms with E-state index in [1.54, 1.807) is 67.7 Å². The number of hydrogen-bond acceptors (Lipinski definition) is 6. The minimum atomic E-state index is -0.713. The molecule has 7 nitrogen and oxygen atoms in total. The van der Waals surface area contributed by atoms with Crippen LogP contribution in [0.25, 0.3) is 11.0 Å². The number of amides is 1. The third kappa shape index (κ3) is 4.42. The number of para-hydroxylation sites is 1. The average molecular weight is 500 g/mol. The first-order chi connectivity index (χ1) is 17.9. The van der Waals surface area contributed by atoms with Gasteiger partial charge >= 0.3 is 0 Å². The molecule has 190 valence electrons. The molecule has 0 N–H and O–H groups in total. The van der Waals surface area contributed by atoms with Gasteiger partial charge in [-0.25, -0.2) is 0 Å². The summed E-state index contributed by atoms with van der Waals surface area (Å²) < 4.78 is 22.9. The molecule has 5 rings (SSSR count). The minimum absolute atomic E-state index is 0.0424. The molecule has 2 heterocycles. The molecule has 0 aliphatic carbocycles. The maximum Gasteiger partial charge on any atom is 0.295 e. The lowest BCUT2D eigenvalue weighted by Crippen LogP contribution is -2.29. The number of carbonyl (C=O) groups is 1. The fourth-order valence-electron chi connectivity index (χ4n) is 4.62. The van der Waals surface area contributed by atoms with Crippen LogP contribution in [0, 0.1) is 5.92 Å². The normalized spacial score (nSPS) is 14.8. The van der Waals surface area contributed by atoms with E-state index < -0.39 is 6.04 Å². The number of methoxy groups -OCH3 is 2. The maximum absolute atomic E-state index is 13.8. The SMILES string of the molecule is COc1ccc(N2C(=O)c3oc4ccccc4c(=O)c3C2c2ccc(OCCC(C)C)c(OC)c2)cc1. The molecule has 1 aliphatic rings. The second kappa shape index (κ2) is 10.0. The van der Waals surface area contributed by atoms with E-state index in [1.165, 1.54) is 0 Å². The van der Waals surface area contributed by atoms with E-state index in [9.17, 15) is 9.59 Å². The predicted octanol–water partition coefficient (Wildman–Crippen LogP) is 5.98. The van der Waals surface area contributed by atoms with Gasteiger partial charge < -0.3 is 18.6 Å². The molecule has 0 spiro atoms. The lowest BCUT2D eigenvalue weighted by atomic mass is 9.97. The van der Waals surface area contributed by atoms with Crippen LogP contribution in [0.3, 0.4) is 0 Å². The van der Waals surface area contributed by atoms with Crippen LogP contribution in [-0.2, 0) is 0 Å². The summed E-state index contributed by atoms with van der Waals surface area (Å²) in [5.74, 6) is 1.97. The standard InChI is InChI=1S/C30H29NO6/c1-18(2)15-16-36-24-14-9-19(17-25(24)35-4)27-26-28(32)22-7-5-6-8-23(22)37-29(26)30(33)31(27)20-10-12-21(34-3)13-11-20/h5-14,17-18,27H,15-16H2,1-4H3. The first kappa shape index (κ1) is 24.4. The number of benzene rings is 3. The van der Waals surface area contributed by atoms with Crippen molar-refractivity contribution in [1.29, 1.82) is 0 Å². The molecule has 0 bridgehead atoms. The first-order valence-electron chi connectivity index (χ1n) is 12.3. The number of carbonyl (C=O) groups excluding carboxylic acids is 1. The van der Waals surface area contributed by atoms with Gasteiger partial charge in [0, 0.05) is 5.69 Å². The fourth-order valence-corrected chi connectivity index (χ4v) is 4.62. The van der Waals surface area contributed by atoms with Crippen molar-refractivity contribution in [3.8, 4) is 17.2 Å². The number of anilines is 1. The lowest BCUT2D eigenvalue weighted by Gasteiger charge is -2.26. The third-order valence-electron chi connectivity index (χ3n) is 6.58. The second-order valence-electron chi connectivity index (χ2n) is 9.39. The summed E-state index contributed by atoms with van der Waals surface area (Å²) in [4.78, 5) is 29.1. The number of hydrogen-bond donors (Lipinski definition) is 0. The maximum atomic E-state index is 13.8. The number of fused-ring (bicyclic) bond motifs is 2. The predicted molar refractivity (Wildman–Crippen MR) is 142 cm³/mol. The van der Waals surface area contributed by atoms with Crippen LogP contribution in [0.4, 0.5) is 5.69 Å². The van der Waals surface area contributed by atoms with Gasteiger partial charge in [-0.3, -0.25) is 14.5 Å². The van der Waals surface area contributed by atoms with E-state index in [0.717, 1.165) is 6.42 Å². The van der Waals surface area contributed by atoms with Gasteiger partial charge in [-0.15, -0.1) is 0 Å². The van der Waals surface area contributed by atoms with Crippen molar-refractivity contribution in [2.75, 3.05) is 25.7 Å². The summed E-state index contributed by atoms with van der Waals surface area (Å²) >= 11 is 0. The van der Waals surface area contributed by atoms with Gasteiger partial charge in [0.05, 0.1) is 37.8 Å². The summed E-state index contributed by atoms with van der Waals surface area (Å²) in [7, 11) is 3.16. The highest BCUT2D eigenvalue weighted by molar-refractivity contribution is 6.10. The summed E-state index contributed by atoms with van der Waals surface area (Å²) in [6.07, 6.45) is 0.911. The quantitative estimate of drug-likeness (QED) is 0.297. The molecule has 0 radical (unpaired) electrons. The van der Waals surface area contributed by atoms with Crippen molar-refractivity contribution in [2.45, 2.75) is 26.3 Å². The molecule has 0 fully saturated rings. The van der Waals surface area contributed by atoms with E-state index in [2.05, 4.69) is 13.8 Å². The van der Waals surface area contributed by atoms with E-state index in [1.807, 2.05) is 18.2 Å². The van der Waals surface area contributed by atoms with Gasteiger partial charge in [-0.2, -0.15) is 0 Å². The van der Waals surface area contributed by atoms with Crippen molar-refractivity contribution < 1.29 is 23.4 Å². The minimum Gasteiger partial charge on any atom is -0.497 e. The molecule has 1 unspecified atom stereocenters. The van der Waals surface area contributed by atoms with Crippen LogP contribution in [-0.4, -0.2) is 26.7 Å². The smallest absolute Gasteiger partial charge is 0.295 e. The molecule has 0 saturated heterocycles. The lowest BCUT2D eigenvalue weighted by molar-refractivity contribution is 0.0971. The molecular formula is C30H29NO6. The molecule has 7 heteroatoms. The Morgan fingerprint density at radius 2 is 1.68 bits per heavy atom. The monoisotopic (exact) mass is 499 g/mol. The van der Waals surface area contributed by atoms with Crippen molar-refractivity contribution in [3.63, 3.8) is 0 Å². The highest BCUT2D eigenvalue weighted by atomic mass is 16.5. The van der Waals surface area contributed by atoms with E-state index in [-0.39, 0.29) is 17.1 Å². The molecule has 1 amide bonds. The van der Waals surface area contributed by atoms with Crippen LogP contribution in [0.5, 0.6) is 17.2 Å². The number of rotatable bonds is 8. The van der Waals surface area contributed by atoms with E-state index in [4.69, 9.17) is 18.6 Å². The average Bonchev–Trinajstić information content (AvgIpc) is 3.21.